The number of hydrogen-bond acceptors (Lipinski definition) is 3. The van der Waals surface area contributed by atoms with Gasteiger partial charge in [-0.15, -0.1) is 0 Å². The van der Waals surface area contributed by atoms with Gasteiger partial charge in [-0.1, -0.05) is 44.2 Å². The molecule has 1 unspecified atom stereocenters. The van der Waals surface area contributed by atoms with Gasteiger partial charge in [-0.05, 0) is 6.42 Å². The molecular weight excluding hydrogens is 338 g/mol. The number of nitrogens with one attached hydrogen (secondary N) is 1. The van der Waals surface area contributed by atoms with Crippen molar-refractivity contribution < 1.29 is 4.79 Å². The maximum absolute atomic E-state index is 12.5. The SMILES string of the molecule is CC(C)c1nccn1CC(=O)NC1CCc2nc(-c3ccccc3)cn2C1. The monoisotopic (exact) mass is 363 g/mol. The summed E-state index contributed by atoms with van der Waals surface area (Å²) in [6, 6.07) is 10.3. The smallest absolute Gasteiger partial charge is 0.240 e. The van der Waals surface area contributed by atoms with Crippen LogP contribution in [0.5, 0.6) is 0 Å². The van der Waals surface area contributed by atoms with E-state index < -0.39 is 0 Å². The number of aromatic nitrogens is 4. The zero-order chi connectivity index (χ0) is 18.8. The lowest BCUT2D eigenvalue weighted by Gasteiger charge is -2.25. The van der Waals surface area contributed by atoms with Crippen LogP contribution >= 0.6 is 0 Å². The van der Waals surface area contributed by atoms with Gasteiger partial charge in [-0.3, -0.25) is 4.79 Å². The maximum Gasteiger partial charge on any atom is 0.240 e. The Balaban J connectivity index is 1.40. The summed E-state index contributed by atoms with van der Waals surface area (Å²) in [6.07, 6.45) is 7.51. The van der Waals surface area contributed by atoms with Crippen molar-refractivity contribution in [3.05, 3.63) is 60.6 Å². The Kier molecular flexibility index (Phi) is 4.79. The molecule has 1 atom stereocenters. The average molecular weight is 363 g/mol. The Labute approximate surface area is 159 Å². The minimum atomic E-state index is 0.0340. The molecular formula is C21H25N5O. The van der Waals surface area contributed by atoms with Crippen LogP contribution in [0.3, 0.4) is 0 Å². The standard InChI is InChI=1S/C21H25N5O/c1-15(2)21-22-10-11-25(21)14-20(27)23-17-8-9-19-24-18(13-26(19)12-17)16-6-4-3-5-7-16/h3-7,10-11,13,15,17H,8-9,12,14H2,1-2H3,(H,23,27). The van der Waals surface area contributed by atoms with Crippen LogP contribution in [0.25, 0.3) is 11.3 Å². The van der Waals surface area contributed by atoms with E-state index in [2.05, 4.69) is 47.0 Å². The van der Waals surface area contributed by atoms with Crippen LogP contribution in [-0.4, -0.2) is 31.1 Å². The lowest BCUT2D eigenvalue weighted by atomic mass is 10.1. The van der Waals surface area contributed by atoms with Crippen molar-refractivity contribution in [1.29, 1.82) is 0 Å². The van der Waals surface area contributed by atoms with E-state index in [4.69, 9.17) is 4.98 Å². The number of hydrogen-bond donors (Lipinski definition) is 1. The Morgan fingerprint density at radius 1 is 1.30 bits per heavy atom. The van der Waals surface area contributed by atoms with Crippen LogP contribution in [-0.2, 0) is 24.3 Å². The van der Waals surface area contributed by atoms with Crippen molar-refractivity contribution in [1.82, 2.24) is 24.4 Å². The van der Waals surface area contributed by atoms with Gasteiger partial charge < -0.3 is 14.5 Å². The lowest BCUT2D eigenvalue weighted by Crippen LogP contribution is -2.42. The molecule has 3 aromatic rings. The summed E-state index contributed by atoms with van der Waals surface area (Å²) in [5, 5.41) is 3.18. The van der Waals surface area contributed by atoms with Gasteiger partial charge in [0.2, 0.25) is 5.91 Å². The summed E-state index contributed by atoms with van der Waals surface area (Å²) in [7, 11) is 0. The summed E-state index contributed by atoms with van der Waals surface area (Å²) in [4.78, 5) is 21.6. The van der Waals surface area contributed by atoms with E-state index in [1.165, 1.54) is 0 Å². The second-order valence-corrected chi connectivity index (χ2v) is 7.43. The van der Waals surface area contributed by atoms with Crippen molar-refractivity contribution in [2.75, 3.05) is 0 Å². The van der Waals surface area contributed by atoms with Crippen molar-refractivity contribution >= 4 is 5.91 Å². The molecule has 2 aromatic heterocycles. The van der Waals surface area contributed by atoms with Crippen LogP contribution in [0, 0.1) is 0 Å². The molecule has 3 heterocycles. The molecule has 1 amide bonds. The number of aryl methyl sites for hydroxylation is 1. The van der Waals surface area contributed by atoms with Gasteiger partial charge in [-0.25, -0.2) is 9.97 Å². The van der Waals surface area contributed by atoms with Gasteiger partial charge in [0.25, 0.3) is 0 Å². The molecule has 0 saturated heterocycles. The summed E-state index contributed by atoms with van der Waals surface area (Å²) in [6.45, 7) is 5.25. The summed E-state index contributed by atoms with van der Waals surface area (Å²) in [5.41, 5.74) is 2.12. The highest BCUT2D eigenvalue weighted by Gasteiger charge is 2.22. The van der Waals surface area contributed by atoms with Crippen molar-refractivity contribution in [3.8, 4) is 11.3 Å². The van der Waals surface area contributed by atoms with Gasteiger partial charge in [0.15, 0.2) is 0 Å². The molecule has 0 fully saturated rings. The van der Waals surface area contributed by atoms with Crippen LogP contribution < -0.4 is 5.32 Å². The number of nitrogens with zero attached hydrogens (tertiary/aromatic N) is 4. The van der Waals surface area contributed by atoms with E-state index in [0.29, 0.717) is 12.5 Å². The van der Waals surface area contributed by atoms with E-state index in [-0.39, 0.29) is 11.9 Å². The van der Waals surface area contributed by atoms with E-state index in [1.807, 2.05) is 29.0 Å². The fourth-order valence-electron chi connectivity index (χ4n) is 3.69. The fraction of sp³-hybridized carbons (Fsp3) is 0.381. The van der Waals surface area contributed by atoms with Gasteiger partial charge in [0.05, 0.1) is 5.69 Å². The maximum atomic E-state index is 12.5. The molecule has 0 spiro atoms. The first-order valence-corrected chi connectivity index (χ1v) is 9.52. The number of imidazole rings is 2. The molecule has 1 aliphatic heterocycles. The first-order chi connectivity index (χ1) is 13.1. The van der Waals surface area contributed by atoms with E-state index >= 15 is 0 Å². The number of rotatable bonds is 5. The predicted molar refractivity (Wildman–Crippen MR) is 104 cm³/mol. The number of benzene rings is 1. The highest BCUT2D eigenvalue weighted by Crippen LogP contribution is 2.22. The Morgan fingerprint density at radius 3 is 2.89 bits per heavy atom. The van der Waals surface area contributed by atoms with Crippen molar-refractivity contribution in [2.24, 2.45) is 0 Å². The first-order valence-electron chi connectivity index (χ1n) is 9.52. The van der Waals surface area contributed by atoms with Crippen LogP contribution in [0.4, 0.5) is 0 Å². The van der Waals surface area contributed by atoms with Crippen LogP contribution in [0.2, 0.25) is 0 Å². The molecule has 6 nitrogen and oxygen atoms in total. The van der Waals surface area contributed by atoms with Gasteiger partial charge in [0, 0.05) is 49.1 Å². The molecule has 27 heavy (non-hydrogen) atoms. The van der Waals surface area contributed by atoms with E-state index in [9.17, 15) is 4.79 Å². The number of amides is 1. The van der Waals surface area contributed by atoms with Crippen LogP contribution in [0.1, 0.15) is 37.8 Å². The predicted octanol–water partition coefficient (Wildman–Crippen LogP) is 3.00. The zero-order valence-corrected chi connectivity index (χ0v) is 15.8. The van der Waals surface area contributed by atoms with Gasteiger partial charge >= 0.3 is 0 Å². The molecule has 1 aliphatic rings. The largest absolute Gasteiger partial charge is 0.350 e. The average Bonchev–Trinajstić information content (AvgIpc) is 3.28. The van der Waals surface area contributed by atoms with E-state index in [1.54, 1.807) is 6.20 Å². The lowest BCUT2D eigenvalue weighted by molar-refractivity contribution is -0.122. The minimum absolute atomic E-state index is 0.0340. The van der Waals surface area contributed by atoms with Crippen LogP contribution in [0.15, 0.2) is 48.9 Å². The first kappa shape index (κ1) is 17.5. The molecule has 6 heteroatoms. The van der Waals surface area contributed by atoms with Crippen molar-refractivity contribution in [2.45, 2.75) is 51.7 Å². The molecule has 0 radical (unpaired) electrons. The third-order valence-corrected chi connectivity index (χ3v) is 5.01. The molecule has 1 aromatic carbocycles. The van der Waals surface area contributed by atoms with Gasteiger partial charge in [-0.2, -0.15) is 0 Å². The number of fused-ring (bicyclic) bond motifs is 1. The normalized spacial score (nSPS) is 16.3. The summed E-state index contributed by atoms with van der Waals surface area (Å²) >= 11 is 0. The molecule has 4 rings (SSSR count). The fourth-order valence-corrected chi connectivity index (χ4v) is 3.69. The second-order valence-electron chi connectivity index (χ2n) is 7.43. The third-order valence-electron chi connectivity index (χ3n) is 5.01. The Morgan fingerprint density at radius 2 is 2.11 bits per heavy atom. The Bertz CT molecular complexity index is 925. The number of carbonyl (C=O) groups excluding carboxylic acids is 1. The molecule has 0 saturated carbocycles. The molecule has 0 bridgehead atoms. The molecule has 0 aliphatic carbocycles. The highest BCUT2D eigenvalue weighted by atomic mass is 16.2. The summed E-state index contributed by atoms with van der Waals surface area (Å²) < 4.78 is 4.10. The molecule has 1 N–H and O–H groups in total. The quantitative estimate of drug-likeness (QED) is 0.758. The van der Waals surface area contributed by atoms with Gasteiger partial charge in [0.1, 0.15) is 18.2 Å². The highest BCUT2D eigenvalue weighted by molar-refractivity contribution is 5.76. The number of carbonyl (C=O) groups is 1. The summed E-state index contributed by atoms with van der Waals surface area (Å²) in [5.74, 6) is 2.37. The molecule has 140 valence electrons. The van der Waals surface area contributed by atoms with Crippen molar-refractivity contribution in [3.63, 3.8) is 0 Å². The second kappa shape index (κ2) is 7.39. The Hall–Kier alpha value is -2.89. The topological polar surface area (TPSA) is 64.7 Å². The van der Waals surface area contributed by atoms with E-state index in [0.717, 1.165) is 42.3 Å². The zero-order valence-electron chi connectivity index (χ0n) is 15.8. The minimum Gasteiger partial charge on any atom is -0.350 e. The third kappa shape index (κ3) is 3.79.